The molecule has 1 heterocycles. The van der Waals surface area contributed by atoms with E-state index in [0.29, 0.717) is 17.3 Å². The third kappa shape index (κ3) is 4.53. The van der Waals surface area contributed by atoms with Crippen LogP contribution in [-0.4, -0.2) is 30.3 Å². The van der Waals surface area contributed by atoms with E-state index in [0.717, 1.165) is 30.4 Å². The van der Waals surface area contributed by atoms with Crippen molar-refractivity contribution in [1.82, 2.24) is 0 Å². The summed E-state index contributed by atoms with van der Waals surface area (Å²) in [6.07, 6.45) is 2.43. The summed E-state index contributed by atoms with van der Waals surface area (Å²) in [6, 6.07) is 11.7. The molecule has 4 rings (SSSR count). The van der Waals surface area contributed by atoms with Crippen molar-refractivity contribution in [3.05, 3.63) is 59.2 Å². The molecule has 0 unspecified atom stereocenters. The zero-order valence-electron chi connectivity index (χ0n) is 19.1. The highest BCUT2D eigenvalue weighted by molar-refractivity contribution is 6.22. The van der Waals surface area contributed by atoms with Crippen LogP contribution in [0.4, 0.5) is 11.4 Å². The fraction of sp³-hybridized carbons (Fsp3) is 0.385. The third-order valence-electron chi connectivity index (χ3n) is 6.76. The van der Waals surface area contributed by atoms with E-state index < -0.39 is 18.5 Å². The summed E-state index contributed by atoms with van der Waals surface area (Å²) in [6.45, 7) is 5.55. The smallest absolute Gasteiger partial charge is 0.338 e. The predicted octanol–water partition coefficient (Wildman–Crippen LogP) is 4.02. The summed E-state index contributed by atoms with van der Waals surface area (Å²) in [5.41, 5.74) is 3.37. The van der Waals surface area contributed by atoms with E-state index in [1.807, 2.05) is 26.0 Å². The van der Waals surface area contributed by atoms with Crippen molar-refractivity contribution in [3.8, 4) is 0 Å². The number of anilines is 2. The number of esters is 1. The molecule has 0 radical (unpaired) electrons. The quantitative estimate of drug-likeness (QED) is 0.551. The Labute approximate surface area is 193 Å². The van der Waals surface area contributed by atoms with Gasteiger partial charge in [0, 0.05) is 5.69 Å². The normalized spacial score (nSPS) is 22.2. The average molecular weight is 449 g/mol. The monoisotopic (exact) mass is 448 g/mol. The Morgan fingerprint density at radius 3 is 2.42 bits per heavy atom. The van der Waals surface area contributed by atoms with Crippen molar-refractivity contribution < 1.29 is 23.9 Å². The second-order valence-corrected chi connectivity index (χ2v) is 9.06. The highest BCUT2D eigenvalue weighted by Gasteiger charge is 2.49. The molecule has 0 aromatic heterocycles. The van der Waals surface area contributed by atoms with E-state index in [2.05, 4.69) is 12.2 Å². The molecule has 3 amide bonds. The number of ether oxygens (including phenoxy) is 1. The molecular weight excluding hydrogens is 420 g/mol. The van der Waals surface area contributed by atoms with Crippen LogP contribution < -0.4 is 10.2 Å². The van der Waals surface area contributed by atoms with Crippen LogP contribution >= 0.6 is 0 Å². The number of carbonyl (C=O) groups excluding carboxylic acids is 4. The van der Waals surface area contributed by atoms with E-state index in [1.165, 1.54) is 17.0 Å². The number of amides is 3. The van der Waals surface area contributed by atoms with Crippen molar-refractivity contribution in [2.45, 2.75) is 40.0 Å². The highest BCUT2D eigenvalue weighted by atomic mass is 16.5. The summed E-state index contributed by atoms with van der Waals surface area (Å²) >= 11 is 0. The van der Waals surface area contributed by atoms with Gasteiger partial charge < -0.3 is 10.1 Å². The van der Waals surface area contributed by atoms with Crippen molar-refractivity contribution in [2.24, 2.45) is 17.8 Å². The van der Waals surface area contributed by atoms with Crippen molar-refractivity contribution >= 4 is 35.1 Å². The number of aryl methyl sites for hydroxylation is 1. The van der Waals surface area contributed by atoms with Gasteiger partial charge in [0.25, 0.3) is 5.91 Å². The lowest BCUT2D eigenvalue weighted by Gasteiger charge is -2.25. The summed E-state index contributed by atoms with van der Waals surface area (Å²) in [4.78, 5) is 51.5. The van der Waals surface area contributed by atoms with Gasteiger partial charge in [0.2, 0.25) is 11.8 Å². The van der Waals surface area contributed by atoms with Gasteiger partial charge in [-0.25, -0.2) is 4.79 Å². The Bertz CT molecular complexity index is 1110. The van der Waals surface area contributed by atoms with Gasteiger partial charge in [-0.2, -0.15) is 0 Å². The SMILES string of the molecule is Cc1cccc(NC(=O)COC(=O)c2ccc(N3C(=O)[C@@H]4CC[C@H](C)C[C@H]4C3=O)cc2)c1C. The van der Waals surface area contributed by atoms with Crippen molar-refractivity contribution in [3.63, 3.8) is 0 Å². The Morgan fingerprint density at radius 1 is 1.00 bits per heavy atom. The van der Waals surface area contributed by atoms with Gasteiger partial charge in [-0.1, -0.05) is 19.1 Å². The standard InChI is InChI=1S/C26H28N2O5/c1-15-7-12-20-21(13-15)25(31)28(24(20)30)19-10-8-18(9-11-19)26(32)33-14-23(29)27-22-6-4-5-16(2)17(22)3/h4-6,8-11,15,20-21H,7,12-14H2,1-3H3,(H,27,29)/t15-,20+,21+/m0/s1. The number of rotatable bonds is 5. The van der Waals surface area contributed by atoms with Crippen LogP contribution in [0.5, 0.6) is 0 Å². The van der Waals surface area contributed by atoms with Crippen LogP contribution in [0, 0.1) is 31.6 Å². The first-order chi connectivity index (χ1) is 15.8. The number of nitrogens with one attached hydrogen (secondary N) is 1. The van der Waals surface area contributed by atoms with Crippen molar-refractivity contribution in [1.29, 1.82) is 0 Å². The first-order valence-corrected chi connectivity index (χ1v) is 11.3. The number of carbonyl (C=O) groups is 4. The molecule has 2 fully saturated rings. The van der Waals surface area contributed by atoms with E-state index in [1.54, 1.807) is 18.2 Å². The van der Waals surface area contributed by atoms with Crippen molar-refractivity contribution in [2.75, 3.05) is 16.8 Å². The number of nitrogens with zero attached hydrogens (tertiary/aromatic N) is 1. The zero-order chi connectivity index (χ0) is 23.7. The molecule has 0 spiro atoms. The Hall–Kier alpha value is -3.48. The van der Waals surface area contributed by atoms with Crippen LogP contribution in [0.25, 0.3) is 0 Å². The van der Waals surface area contributed by atoms with Gasteiger partial charge in [0.05, 0.1) is 23.1 Å². The predicted molar refractivity (Wildman–Crippen MR) is 124 cm³/mol. The lowest BCUT2D eigenvalue weighted by Crippen LogP contribution is -2.30. The Kier molecular flexibility index (Phi) is 6.31. The molecule has 2 aromatic rings. The maximum absolute atomic E-state index is 12.9. The molecule has 1 N–H and O–H groups in total. The Morgan fingerprint density at radius 2 is 1.70 bits per heavy atom. The molecule has 1 saturated heterocycles. The van der Waals surface area contributed by atoms with E-state index in [-0.39, 0.29) is 29.2 Å². The first kappa shape index (κ1) is 22.7. The molecule has 33 heavy (non-hydrogen) atoms. The molecule has 1 aliphatic carbocycles. The minimum Gasteiger partial charge on any atom is -0.452 e. The second kappa shape index (κ2) is 9.17. The summed E-state index contributed by atoms with van der Waals surface area (Å²) in [5.74, 6) is -1.45. The highest BCUT2D eigenvalue weighted by Crippen LogP contribution is 2.42. The summed E-state index contributed by atoms with van der Waals surface area (Å²) in [7, 11) is 0. The molecule has 2 aliphatic rings. The molecule has 7 heteroatoms. The Balaban J connectivity index is 1.36. The van der Waals surface area contributed by atoms with Crippen LogP contribution in [0.2, 0.25) is 0 Å². The third-order valence-corrected chi connectivity index (χ3v) is 6.76. The summed E-state index contributed by atoms with van der Waals surface area (Å²) < 4.78 is 5.13. The first-order valence-electron chi connectivity index (χ1n) is 11.3. The maximum atomic E-state index is 12.9. The topological polar surface area (TPSA) is 92.8 Å². The van der Waals surface area contributed by atoms with E-state index >= 15 is 0 Å². The van der Waals surface area contributed by atoms with E-state index in [4.69, 9.17) is 4.74 Å². The van der Waals surface area contributed by atoms with Crippen LogP contribution in [0.15, 0.2) is 42.5 Å². The molecule has 0 bridgehead atoms. The van der Waals surface area contributed by atoms with Gasteiger partial charge in [-0.05, 0) is 80.5 Å². The molecule has 172 valence electrons. The molecule has 2 aromatic carbocycles. The number of fused-ring (bicyclic) bond motifs is 1. The minimum absolute atomic E-state index is 0.157. The maximum Gasteiger partial charge on any atom is 0.338 e. The molecule has 7 nitrogen and oxygen atoms in total. The van der Waals surface area contributed by atoms with Gasteiger partial charge in [-0.3, -0.25) is 19.3 Å². The van der Waals surface area contributed by atoms with Crippen LogP contribution in [-0.2, 0) is 19.1 Å². The molecular formula is C26H28N2O5. The largest absolute Gasteiger partial charge is 0.452 e. The average Bonchev–Trinajstić information content (AvgIpc) is 3.04. The fourth-order valence-electron chi connectivity index (χ4n) is 4.68. The molecule has 1 saturated carbocycles. The van der Waals surface area contributed by atoms with E-state index in [9.17, 15) is 19.2 Å². The van der Waals surface area contributed by atoms with Gasteiger partial charge in [-0.15, -0.1) is 0 Å². The summed E-state index contributed by atoms with van der Waals surface area (Å²) in [5, 5.41) is 2.74. The lowest BCUT2D eigenvalue weighted by atomic mass is 9.76. The number of benzene rings is 2. The fourth-order valence-corrected chi connectivity index (χ4v) is 4.68. The molecule has 1 aliphatic heterocycles. The minimum atomic E-state index is -0.653. The van der Waals surface area contributed by atoms with Gasteiger partial charge in [0.15, 0.2) is 6.61 Å². The lowest BCUT2D eigenvalue weighted by molar-refractivity contribution is -0.122. The van der Waals surface area contributed by atoms with Crippen LogP contribution in [0.1, 0.15) is 47.7 Å². The van der Waals surface area contributed by atoms with Gasteiger partial charge in [0.1, 0.15) is 0 Å². The second-order valence-electron chi connectivity index (χ2n) is 9.06. The van der Waals surface area contributed by atoms with Crippen LogP contribution in [0.3, 0.4) is 0 Å². The number of imide groups is 1. The van der Waals surface area contributed by atoms with Gasteiger partial charge >= 0.3 is 5.97 Å². The molecule has 3 atom stereocenters. The zero-order valence-corrected chi connectivity index (χ0v) is 19.1. The number of hydrogen-bond donors (Lipinski definition) is 1. The number of hydrogen-bond acceptors (Lipinski definition) is 5.